The normalized spacial score (nSPS) is 13.3. The Morgan fingerprint density at radius 3 is 1.45 bits per heavy atom. The minimum Gasteiger partial charge on any atom is -0.395 e. The van der Waals surface area contributed by atoms with E-state index in [0.717, 1.165) is 12.1 Å². The van der Waals surface area contributed by atoms with Crippen LogP contribution >= 0.6 is 0 Å². The lowest BCUT2D eigenvalue weighted by molar-refractivity contribution is -0.384. The molecule has 0 aromatic heterocycles. The lowest BCUT2D eigenvalue weighted by Gasteiger charge is -2.23. The number of rotatable bonds is 10. The van der Waals surface area contributed by atoms with Crippen LogP contribution in [-0.4, -0.2) is 55.8 Å². The molecule has 0 bridgehead atoms. The highest BCUT2D eigenvalue weighted by atomic mass is 32.2. The van der Waals surface area contributed by atoms with E-state index in [-0.39, 0.29) is 33.9 Å². The zero-order valence-electron chi connectivity index (χ0n) is 16.7. The van der Waals surface area contributed by atoms with Gasteiger partial charge in [0.05, 0.1) is 23.1 Å². The zero-order chi connectivity index (χ0) is 23.3. The molecule has 2 aromatic carbocycles. The van der Waals surface area contributed by atoms with Crippen LogP contribution in [0.25, 0.3) is 0 Å². The summed E-state index contributed by atoms with van der Waals surface area (Å²) in [5.41, 5.74) is -0.242. The maximum atomic E-state index is 13.3. The summed E-state index contributed by atoms with van der Waals surface area (Å²) in [6, 6.07) is 7.19. The van der Waals surface area contributed by atoms with Gasteiger partial charge in [-0.1, -0.05) is 12.1 Å². The van der Waals surface area contributed by atoms with E-state index in [9.17, 15) is 38.9 Å². The lowest BCUT2D eigenvalue weighted by Crippen LogP contribution is -2.26. The van der Waals surface area contributed by atoms with Crippen molar-refractivity contribution in [1.82, 2.24) is 0 Å². The molecule has 0 spiro atoms. The van der Waals surface area contributed by atoms with Crippen molar-refractivity contribution in [2.45, 2.75) is 10.5 Å². The van der Waals surface area contributed by atoms with Crippen LogP contribution in [0.2, 0.25) is 0 Å². The van der Waals surface area contributed by atoms with Crippen LogP contribution in [0.5, 0.6) is 0 Å². The average Bonchev–Trinajstić information content (AvgIpc) is 2.73. The fourth-order valence-electron chi connectivity index (χ4n) is 3.22. The molecule has 0 fully saturated rings. The van der Waals surface area contributed by atoms with Crippen LogP contribution in [0.4, 0.5) is 22.7 Å². The summed E-state index contributed by atoms with van der Waals surface area (Å²) in [6.07, 6.45) is 0. The van der Waals surface area contributed by atoms with Gasteiger partial charge in [0.15, 0.2) is 9.84 Å². The molecule has 0 saturated heterocycles. The Kier molecular flexibility index (Phi) is 7.49. The molecular weight excluding hydrogens is 432 g/mol. The van der Waals surface area contributed by atoms with Crippen LogP contribution in [0, 0.1) is 20.2 Å². The lowest BCUT2D eigenvalue weighted by atomic mass is 10.1. The highest BCUT2D eigenvalue weighted by Gasteiger charge is 2.37. The summed E-state index contributed by atoms with van der Waals surface area (Å²) in [5, 5.41) is 44.2. The quantitative estimate of drug-likeness (QED) is 0.304. The number of anilines is 2. The van der Waals surface area contributed by atoms with Crippen LogP contribution in [0.15, 0.2) is 36.4 Å². The average molecular weight is 454 g/mol. The van der Waals surface area contributed by atoms with E-state index >= 15 is 0 Å². The number of hydrogen-bond donors (Lipinski definition) is 4. The third-order valence-corrected chi connectivity index (χ3v) is 7.27. The molecular formula is C18H22N4O8S. The van der Waals surface area contributed by atoms with Crippen molar-refractivity contribution in [2.24, 2.45) is 0 Å². The molecule has 0 aliphatic rings. The first kappa shape index (κ1) is 24.0. The van der Waals surface area contributed by atoms with Gasteiger partial charge >= 0.3 is 0 Å². The van der Waals surface area contributed by atoms with E-state index in [1.807, 2.05) is 0 Å². The summed E-state index contributed by atoms with van der Waals surface area (Å²) in [6.45, 7) is -1.68. The number of aliphatic hydroxyl groups excluding tert-OH is 2. The standard InChI is InChI=1S/C18H22N4O8S/c1-19-13-7-11(3-5-15(13)21(25)26)17(9-23)31(29,30)18(10-24)12-4-6-16(22(27)28)14(8-12)20-2/h3-8,17-20,23-24H,9-10H2,1-2H3. The van der Waals surface area contributed by atoms with Gasteiger partial charge in [0.2, 0.25) is 0 Å². The molecule has 0 heterocycles. The van der Waals surface area contributed by atoms with Gasteiger partial charge in [-0.15, -0.1) is 0 Å². The van der Waals surface area contributed by atoms with Crippen molar-refractivity contribution in [3.05, 3.63) is 67.8 Å². The second-order valence-corrected chi connectivity index (χ2v) is 8.81. The molecule has 13 heteroatoms. The van der Waals surface area contributed by atoms with Gasteiger partial charge < -0.3 is 20.8 Å². The van der Waals surface area contributed by atoms with E-state index in [2.05, 4.69) is 10.6 Å². The fraction of sp³-hybridized carbons (Fsp3) is 0.333. The number of nitro benzene ring substituents is 2. The first-order chi connectivity index (χ1) is 14.6. The molecule has 0 saturated carbocycles. The molecule has 31 heavy (non-hydrogen) atoms. The Hall–Kier alpha value is -3.29. The molecule has 12 nitrogen and oxygen atoms in total. The number of benzene rings is 2. The molecule has 0 radical (unpaired) electrons. The summed E-state index contributed by atoms with van der Waals surface area (Å²) >= 11 is 0. The number of nitrogens with zero attached hydrogens (tertiary/aromatic N) is 2. The van der Waals surface area contributed by atoms with Gasteiger partial charge in [-0.2, -0.15) is 0 Å². The molecule has 2 unspecified atom stereocenters. The number of aliphatic hydroxyl groups is 2. The molecule has 2 aromatic rings. The van der Waals surface area contributed by atoms with Crippen molar-refractivity contribution < 1.29 is 28.5 Å². The number of nitro groups is 2. The molecule has 4 N–H and O–H groups in total. The fourth-order valence-corrected chi connectivity index (χ4v) is 5.09. The van der Waals surface area contributed by atoms with Crippen molar-refractivity contribution >= 4 is 32.6 Å². The Morgan fingerprint density at radius 1 is 0.839 bits per heavy atom. The second-order valence-electron chi connectivity index (χ2n) is 6.50. The van der Waals surface area contributed by atoms with E-state index in [1.54, 1.807) is 0 Å². The predicted molar refractivity (Wildman–Crippen MR) is 114 cm³/mol. The van der Waals surface area contributed by atoms with Crippen LogP contribution in [0.3, 0.4) is 0 Å². The number of sulfone groups is 1. The Balaban J connectivity index is 2.56. The Labute approximate surface area is 177 Å². The van der Waals surface area contributed by atoms with Crippen molar-refractivity contribution in [1.29, 1.82) is 0 Å². The Morgan fingerprint density at radius 2 is 1.19 bits per heavy atom. The largest absolute Gasteiger partial charge is 0.395 e. The molecule has 0 aliphatic carbocycles. The smallest absolute Gasteiger partial charge is 0.292 e. The van der Waals surface area contributed by atoms with E-state index in [0.29, 0.717) is 0 Å². The minimum absolute atomic E-state index is 0.0597. The van der Waals surface area contributed by atoms with Gasteiger partial charge in [0.25, 0.3) is 11.4 Å². The minimum atomic E-state index is -4.28. The van der Waals surface area contributed by atoms with E-state index in [1.165, 1.54) is 38.4 Å². The maximum absolute atomic E-state index is 13.3. The molecule has 2 atom stereocenters. The zero-order valence-corrected chi connectivity index (χ0v) is 17.5. The SMILES string of the molecule is CNc1cc(C(CO)S(=O)(=O)C(CO)c2ccc([N+](=O)[O-])c(NC)c2)ccc1[N+](=O)[O-]. The summed E-state index contributed by atoms with van der Waals surface area (Å²) in [4.78, 5) is 21.0. The molecule has 2 rings (SSSR count). The number of hydrogen-bond acceptors (Lipinski definition) is 10. The summed E-state index contributed by atoms with van der Waals surface area (Å²) < 4.78 is 26.6. The third-order valence-electron chi connectivity index (χ3n) is 4.84. The van der Waals surface area contributed by atoms with Crippen molar-refractivity contribution in [3.63, 3.8) is 0 Å². The van der Waals surface area contributed by atoms with Crippen LogP contribution in [0.1, 0.15) is 21.6 Å². The molecule has 0 amide bonds. The highest BCUT2D eigenvalue weighted by Crippen LogP contribution is 2.38. The van der Waals surface area contributed by atoms with Crippen LogP contribution in [-0.2, 0) is 9.84 Å². The summed E-state index contributed by atoms with van der Waals surface area (Å²) in [7, 11) is -1.42. The molecule has 168 valence electrons. The van der Waals surface area contributed by atoms with E-state index in [4.69, 9.17) is 0 Å². The maximum Gasteiger partial charge on any atom is 0.292 e. The van der Waals surface area contributed by atoms with Gasteiger partial charge in [-0.25, -0.2) is 8.42 Å². The first-order valence-electron chi connectivity index (χ1n) is 8.98. The summed E-state index contributed by atoms with van der Waals surface area (Å²) in [5.74, 6) is 0. The highest BCUT2D eigenvalue weighted by molar-refractivity contribution is 7.92. The second kappa shape index (κ2) is 9.68. The van der Waals surface area contributed by atoms with Gasteiger partial charge in [-0.05, 0) is 23.3 Å². The third kappa shape index (κ3) is 4.73. The van der Waals surface area contributed by atoms with Crippen LogP contribution < -0.4 is 10.6 Å². The monoisotopic (exact) mass is 454 g/mol. The van der Waals surface area contributed by atoms with Gasteiger partial charge in [0.1, 0.15) is 21.9 Å². The number of nitrogens with one attached hydrogen (secondary N) is 2. The van der Waals surface area contributed by atoms with Gasteiger partial charge in [-0.3, -0.25) is 20.2 Å². The molecule has 0 aliphatic heterocycles. The van der Waals surface area contributed by atoms with E-state index < -0.39 is 43.4 Å². The topological polar surface area (TPSA) is 185 Å². The Bertz CT molecular complexity index is 1010. The predicted octanol–water partition coefficient (Wildman–Crippen LogP) is 1.77. The van der Waals surface area contributed by atoms with Crippen molar-refractivity contribution in [3.8, 4) is 0 Å². The van der Waals surface area contributed by atoms with Gasteiger partial charge in [0, 0.05) is 26.2 Å². The van der Waals surface area contributed by atoms with Crippen molar-refractivity contribution in [2.75, 3.05) is 37.9 Å². The first-order valence-corrected chi connectivity index (χ1v) is 10.6.